The number of amides is 2. The lowest BCUT2D eigenvalue weighted by Gasteiger charge is -2.36. The Hall–Kier alpha value is -2.60. The van der Waals surface area contributed by atoms with Gasteiger partial charge in [0.05, 0.1) is 0 Å². The van der Waals surface area contributed by atoms with Crippen molar-refractivity contribution in [2.75, 3.05) is 49.5 Å². The third kappa shape index (κ3) is 5.46. The van der Waals surface area contributed by atoms with E-state index in [-0.39, 0.29) is 11.8 Å². The lowest BCUT2D eigenvalue weighted by molar-refractivity contribution is 0.244. The second-order valence-corrected chi connectivity index (χ2v) is 6.41. The Labute approximate surface area is 153 Å². The first-order valence-electron chi connectivity index (χ1n) is 9.03. The number of rotatable bonds is 6. The molecule has 138 valence electrons. The molecule has 0 spiro atoms. The summed E-state index contributed by atoms with van der Waals surface area (Å²) in [5.74, 6) is -0.316. The van der Waals surface area contributed by atoms with Crippen molar-refractivity contribution in [3.8, 4) is 0 Å². The molecule has 26 heavy (non-hydrogen) atoms. The minimum Gasteiger partial charge on any atom is -0.369 e. The molecule has 1 fully saturated rings. The fraction of sp³-hybridized carbons (Fsp3) is 0.350. The molecule has 0 unspecified atom stereocenters. The fourth-order valence-corrected chi connectivity index (χ4v) is 3.08. The van der Waals surface area contributed by atoms with Gasteiger partial charge in [0.25, 0.3) is 0 Å². The number of carbonyl (C=O) groups is 1. The van der Waals surface area contributed by atoms with E-state index in [1.807, 2.05) is 6.07 Å². The molecule has 2 aromatic carbocycles. The normalized spacial score (nSPS) is 14.9. The number of urea groups is 1. The molecule has 0 radical (unpaired) electrons. The van der Waals surface area contributed by atoms with Gasteiger partial charge in [-0.2, -0.15) is 0 Å². The van der Waals surface area contributed by atoms with Gasteiger partial charge in [-0.25, -0.2) is 9.18 Å². The van der Waals surface area contributed by atoms with Crippen molar-refractivity contribution in [2.24, 2.45) is 0 Å². The summed E-state index contributed by atoms with van der Waals surface area (Å²) in [7, 11) is 0. The van der Waals surface area contributed by atoms with Crippen molar-refractivity contribution in [1.29, 1.82) is 0 Å². The topological polar surface area (TPSA) is 47.6 Å². The Bertz CT molecular complexity index is 685. The number of para-hydroxylation sites is 1. The number of halogens is 1. The molecule has 2 aromatic rings. The third-order valence-corrected chi connectivity index (χ3v) is 4.53. The SMILES string of the molecule is O=C(NCCCN1CCN(c2ccccc2)CC1)Nc1ccc(F)cc1. The van der Waals surface area contributed by atoms with Gasteiger partial charge in [0.15, 0.2) is 0 Å². The fourth-order valence-electron chi connectivity index (χ4n) is 3.08. The van der Waals surface area contributed by atoms with E-state index in [0.29, 0.717) is 12.2 Å². The number of carbonyl (C=O) groups excluding carboxylic acids is 1. The maximum absolute atomic E-state index is 12.8. The summed E-state index contributed by atoms with van der Waals surface area (Å²) in [6.07, 6.45) is 0.905. The van der Waals surface area contributed by atoms with Crippen LogP contribution in [0.1, 0.15) is 6.42 Å². The molecule has 1 aliphatic rings. The van der Waals surface area contributed by atoms with E-state index in [1.165, 1.54) is 17.8 Å². The minimum absolute atomic E-state index is 0.259. The molecular formula is C20H25FN4O. The summed E-state index contributed by atoms with van der Waals surface area (Å²) in [6, 6.07) is 16.0. The Balaban J connectivity index is 1.30. The van der Waals surface area contributed by atoms with Gasteiger partial charge in [-0.3, -0.25) is 4.90 Å². The van der Waals surface area contributed by atoms with Gasteiger partial charge in [-0.05, 0) is 49.4 Å². The van der Waals surface area contributed by atoms with Crippen molar-refractivity contribution < 1.29 is 9.18 Å². The number of anilines is 2. The van der Waals surface area contributed by atoms with Crippen molar-refractivity contribution in [1.82, 2.24) is 10.2 Å². The first kappa shape index (κ1) is 18.2. The molecule has 1 aliphatic heterocycles. The van der Waals surface area contributed by atoms with Gasteiger partial charge < -0.3 is 15.5 Å². The average Bonchev–Trinajstić information content (AvgIpc) is 2.68. The van der Waals surface area contributed by atoms with Gasteiger partial charge in [-0.1, -0.05) is 18.2 Å². The van der Waals surface area contributed by atoms with Crippen LogP contribution in [0.25, 0.3) is 0 Å². The number of nitrogens with one attached hydrogen (secondary N) is 2. The number of piperazine rings is 1. The smallest absolute Gasteiger partial charge is 0.319 e. The van der Waals surface area contributed by atoms with E-state index in [0.717, 1.165) is 39.1 Å². The summed E-state index contributed by atoms with van der Waals surface area (Å²) >= 11 is 0. The number of hydrogen-bond donors (Lipinski definition) is 2. The molecule has 2 amide bonds. The first-order chi connectivity index (χ1) is 12.7. The molecule has 0 aromatic heterocycles. The van der Waals surface area contributed by atoms with Crippen LogP contribution >= 0.6 is 0 Å². The van der Waals surface area contributed by atoms with Crippen LogP contribution in [-0.4, -0.2) is 50.2 Å². The summed E-state index contributed by atoms with van der Waals surface area (Å²) in [5.41, 5.74) is 1.87. The Morgan fingerprint density at radius 2 is 1.65 bits per heavy atom. The summed E-state index contributed by atoms with van der Waals surface area (Å²) < 4.78 is 12.8. The molecule has 1 saturated heterocycles. The summed E-state index contributed by atoms with van der Waals surface area (Å²) in [6.45, 7) is 5.73. The molecule has 0 bridgehead atoms. The van der Waals surface area contributed by atoms with Gasteiger partial charge in [0, 0.05) is 44.1 Å². The predicted molar refractivity (Wildman–Crippen MR) is 103 cm³/mol. The number of benzene rings is 2. The van der Waals surface area contributed by atoms with Crippen LogP contribution in [0.4, 0.5) is 20.6 Å². The second kappa shape index (κ2) is 9.20. The average molecular weight is 356 g/mol. The Morgan fingerprint density at radius 3 is 2.35 bits per heavy atom. The van der Waals surface area contributed by atoms with Crippen molar-refractivity contribution in [3.63, 3.8) is 0 Å². The summed E-state index contributed by atoms with van der Waals surface area (Å²) in [5, 5.41) is 5.53. The van der Waals surface area contributed by atoms with Gasteiger partial charge in [0.1, 0.15) is 5.82 Å². The largest absolute Gasteiger partial charge is 0.369 e. The van der Waals surface area contributed by atoms with Crippen molar-refractivity contribution in [3.05, 3.63) is 60.4 Å². The van der Waals surface area contributed by atoms with Crippen LogP contribution < -0.4 is 15.5 Å². The van der Waals surface area contributed by atoms with E-state index in [9.17, 15) is 9.18 Å². The molecule has 1 heterocycles. The third-order valence-electron chi connectivity index (χ3n) is 4.53. The number of hydrogen-bond acceptors (Lipinski definition) is 3. The standard InChI is InChI=1S/C20H25FN4O/c21-17-7-9-18(10-8-17)23-20(26)22-11-4-12-24-13-15-25(16-14-24)19-5-2-1-3-6-19/h1-3,5-10H,4,11-16H2,(H2,22,23,26). The van der Waals surface area contributed by atoms with Gasteiger partial charge >= 0.3 is 6.03 Å². The molecule has 3 rings (SSSR count). The van der Waals surface area contributed by atoms with E-state index in [2.05, 4.69) is 44.7 Å². The Kier molecular flexibility index (Phi) is 6.44. The minimum atomic E-state index is -0.316. The van der Waals surface area contributed by atoms with E-state index < -0.39 is 0 Å². The first-order valence-corrected chi connectivity index (χ1v) is 9.03. The maximum atomic E-state index is 12.8. The quantitative estimate of drug-likeness (QED) is 0.782. The predicted octanol–water partition coefficient (Wildman–Crippen LogP) is 3.16. The molecule has 0 atom stereocenters. The molecule has 2 N–H and O–H groups in total. The van der Waals surface area contributed by atoms with Crippen molar-refractivity contribution >= 4 is 17.4 Å². The molecule has 5 nitrogen and oxygen atoms in total. The van der Waals surface area contributed by atoms with Gasteiger partial charge in [-0.15, -0.1) is 0 Å². The van der Waals surface area contributed by atoms with E-state index in [1.54, 1.807) is 12.1 Å². The summed E-state index contributed by atoms with van der Waals surface area (Å²) in [4.78, 5) is 16.6. The van der Waals surface area contributed by atoms with Crippen LogP contribution in [-0.2, 0) is 0 Å². The van der Waals surface area contributed by atoms with Crippen LogP contribution in [0.3, 0.4) is 0 Å². The zero-order chi connectivity index (χ0) is 18.2. The van der Waals surface area contributed by atoms with E-state index in [4.69, 9.17) is 0 Å². The van der Waals surface area contributed by atoms with Crippen LogP contribution in [0.15, 0.2) is 54.6 Å². The lowest BCUT2D eigenvalue weighted by atomic mass is 10.2. The lowest BCUT2D eigenvalue weighted by Crippen LogP contribution is -2.47. The molecule has 0 aliphatic carbocycles. The highest BCUT2D eigenvalue weighted by Crippen LogP contribution is 2.15. The van der Waals surface area contributed by atoms with E-state index >= 15 is 0 Å². The molecule has 6 heteroatoms. The monoisotopic (exact) mass is 356 g/mol. The van der Waals surface area contributed by atoms with Crippen LogP contribution in [0.5, 0.6) is 0 Å². The Morgan fingerprint density at radius 1 is 0.962 bits per heavy atom. The molecular weight excluding hydrogens is 331 g/mol. The highest BCUT2D eigenvalue weighted by atomic mass is 19.1. The van der Waals surface area contributed by atoms with Crippen LogP contribution in [0.2, 0.25) is 0 Å². The zero-order valence-corrected chi connectivity index (χ0v) is 14.8. The number of nitrogens with zero attached hydrogens (tertiary/aromatic N) is 2. The highest BCUT2D eigenvalue weighted by molar-refractivity contribution is 5.89. The highest BCUT2D eigenvalue weighted by Gasteiger charge is 2.16. The van der Waals surface area contributed by atoms with Crippen molar-refractivity contribution in [2.45, 2.75) is 6.42 Å². The zero-order valence-electron chi connectivity index (χ0n) is 14.8. The second-order valence-electron chi connectivity index (χ2n) is 6.41. The van der Waals surface area contributed by atoms with Gasteiger partial charge in [0.2, 0.25) is 0 Å². The van der Waals surface area contributed by atoms with Crippen LogP contribution in [0, 0.1) is 5.82 Å². The maximum Gasteiger partial charge on any atom is 0.319 e. The molecule has 0 saturated carbocycles.